The third-order valence-electron chi connectivity index (χ3n) is 1.20. The topological polar surface area (TPSA) is 33.1 Å². The molecule has 0 bridgehead atoms. The van der Waals surface area contributed by atoms with Crippen LogP contribution in [0.3, 0.4) is 0 Å². The predicted octanol–water partition coefficient (Wildman–Crippen LogP) is 2.79. The van der Waals surface area contributed by atoms with E-state index in [0.29, 0.717) is 5.15 Å². The Hall–Kier alpha value is 0.230. The Labute approximate surface area is 85.0 Å². The van der Waals surface area contributed by atoms with Gasteiger partial charge in [-0.2, -0.15) is 0 Å². The summed E-state index contributed by atoms with van der Waals surface area (Å²) in [5.41, 5.74) is 0. The maximum atomic E-state index is 8.83. The van der Waals surface area contributed by atoms with Gasteiger partial charge in [0.05, 0.1) is 11.5 Å². The van der Waals surface area contributed by atoms with Gasteiger partial charge in [0.2, 0.25) is 0 Å². The van der Waals surface area contributed by atoms with Crippen molar-refractivity contribution in [2.24, 2.45) is 0 Å². The van der Waals surface area contributed by atoms with Crippen LogP contribution in [0.5, 0.6) is 0 Å². The summed E-state index contributed by atoms with van der Waals surface area (Å²) in [5, 5.41) is 9.28. The Kier molecular flexibility index (Phi) is 4.35. The molecule has 0 spiro atoms. The highest BCUT2D eigenvalue weighted by molar-refractivity contribution is 8.01. The molecular weight excluding hydrogens is 214 g/mol. The van der Waals surface area contributed by atoms with Crippen molar-refractivity contribution in [1.82, 2.24) is 4.98 Å². The Bertz CT molecular complexity index is 252. The second-order valence-corrected chi connectivity index (χ2v) is 4.98. The first-order valence-corrected chi connectivity index (χ1v) is 5.84. The van der Waals surface area contributed by atoms with Gasteiger partial charge >= 0.3 is 0 Å². The number of hydrogen-bond donors (Lipinski definition) is 1. The van der Waals surface area contributed by atoms with Crippen LogP contribution < -0.4 is 0 Å². The molecule has 0 unspecified atom stereocenters. The van der Waals surface area contributed by atoms with E-state index in [1.165, 1.54) is 11.3 Å². The number of aliphatic hydroxyl groups excluding tert-OH is 1. The fourth-order valence-corrected chi connectivity index (χ4v) is 2.89. The highest BCUT2D eigenvalue weighted by Crippen LogP contribution is 2.30. The second kappa shape index (κ2) is 5.07. The Morgan fingerprint density at radius 1 is 1.67 bits per heavy atom. The summed E-state index contributed by atoms with van der Waals surface area (Å²) in [6, 6.07) is 0. The van der Waals surface area contributed by atoms with Crippen LogP contribution >= 0.6 is 34.7 Å². The van der Waals surface area contributed by atoms with Crippen molar-refractivity contribution in [3.8, 4) is 0 Å². The molecule has 0 aliphatic rings. The van der Waals surface area contributed by atoms with Crippen molar-refractivity contribution < 1.29 is 5.11 Å². The van der Waals surface area contributed by atoms with Gasteiger partial charge in [0, 0.05) is 5.75 Å². The minimum absolute atomic E-state index is 0.0107. The lowest BCUT2D eigenvalue weighted by atomic mass is 10.6. The Morgan fingerprint density at radius 3 is 2.92 bits per heavy atom. The number of nitrogens with zero attached hydrogens (tertiary/aromatic N) is 1. The largest absolute Gasteiger partial charge is 0.391 e. The van der Waals surface area contributed by atoms with Crippen molar-refractivity contribution in [2.75, 3.05) is 5.75 Å². The zero-order chi connectivity index (χ0) is 8.97. The molecule has 0 saturated carbocycles. The lowest BCUT2D eigenvalue weighted by molar-refractivity contribution is 0.285. The fourth-order valence-electron chi connectivity index (χ4n) is 0.661. The zero-order valence-electron chi connectivity index (χ0n) is 6.71. The lowest BCUT2D eigenvalue weighted by Crippen LogP contribution is -1.75. The van der Waals surface area contributed by atoms with Crippen molar-refractivity contribution in [3.63, 3.8) is 0 Å². The molecule has 0 aliphatic heterocycles. The van der Waals surface area contributed by atoms with Gasteiger partial charge in [-0.05, 0) is 6.42 Å². The Morgan fingerprint density at radius 2 is 2.42 bits per heavy atom. The molecule has 1 heterocycles. The third kappa shape index (κ3) is 2.62. The number of aliphatic hydroxyl groups is 1. The first-order valence-electron chi connectivity index (χ1n) is 3.66. The van der Waals surface area contributed by atoms with Gasteiger partial charge in [-0.25, -0.2) is 4.98 Å². The molecule has 1 aromatic rings. The minimum Gasteiger partial charge on any atom is -0.391 e. The van der Waals surface area contributed by atoms with Crippen LogP contribution in [0, 0.1) is 0 Å². The van der Waals surface area contributed by atoms with E-state index in [1.807, 2.05) is 0 Å². The molecule has 12 heavy (non-hydrogen) atoms. The first kappa shape index (κ1) is 10.3. The summed E-state index contributed by atoms with van der Waals surface area (Å²) < 4.78 is 0.950. The van der Waals surface area contributed by atoms with E-state index in [1.54, 1.807) is 11.8 Å². The molecule has 0 aromatic carbocycles. The minimum atomic E-state index is -0.0107. The van der Waals surface area contributed by atoms with Crippen molar-refractivity contribution >= 4 is 34.7 Å². The maximum Gasteiger partial charge on any atom is 0.152 e. The normalized spacial score (nSPS) is 10.6. The molecule has 1 N–H and O–H groups in total. The summed E-state index contributed by atoms with van der Waals surface area (Å²) in [6.45, 7) is 2.11. The molecular formula is C7H10ClNOS2. The van der Waals surface area contributed by atoms with E-state index in [9.17, 15) is 0 Å². The number of thiazole rings is 1. The molecule has 0 amide bonds. The second-order valence-electron chi connectivity index (χ2n) is 2.20. The van der Waals surface area contributed by atoms with E-state index >= 15 is 0 Å². The molecule has 0 radical (unpaired) electrons. The summed E-state index contributed by atoms with van der Waals surface area (Å²) in [5.74, 6) is 1.05. The summed E-state index contributed by atoms with van der Waals surface area (Å²) >= 11 is 8.90. The number of thioether (sulfide) groups is 1. The summed E-state index contributed by atoms with van der Waals surface area (Å²) in [7, 11) is 0. The van der Waals surface area contributed by atoms with Gasteiger partial charge in [0.1, 0.15) is 5.15 Å². The van der Waals surface area contributed by atoms with Crippen LogP contribution in [-0.4, -0.2) is 15.8 Å². The predicted molar refractivity (Wildman–Crippen MR) is 54.1 cm³/mol. The summed E-state index contributed by atoms with van der Waals surface area (Å²) in [4.78, 5) is 4.87. The van der Waals surface area contributed by atoms with Gasteiger partial charge in [-0.1, -0.05) is 30.3 Å². The average molecular weight is 224 g/mol. The SMILES string of the molecule is CCCSc1nc(Cl)c(CO)s1. The zero-order valence-corrected chi connectivity index (χ0v) is 9.10. The van der Waals surface area contributed by atoms with Gasteiger partial charge in [-0.3, -0.25) is 0 Å². The van der Waals surface area contributed by atoms with E-state index in [0.717, 1.165) is 21.4 Å². The number of halogens is 1. The van der Waals surface area contributed by atoms with Crippen LogP contribution in [0.4, 0.5) is 0 Å². The van der Waals surface area contributed by atoms with Gasteiger partial charge in [0.25, 0.3) is 0 Å². The van der Waals surface area contributed by atoms with Crippen LogP contribution in [0.1, 0.15) is 18.2 Å². The molecule has 68 valence electrons. The average Bonchev–Trinajstić information content (AvgIpc) is 2.43. The van der Waals surface area contributed by atoms with Crippen molar-refractivity contribution in [1.29, 1.82) is 0 Å². The standard InChI is InChI=1S/C7H10ClNOS2/c1-2-3-11-7-9-6(8)5(4-10)12-7/h10H,2-4H2,1H3. The van der Waals surface area contributed by atoms with E-state index in [-0.39, 0.29) is 6.61 Å². The van der Waals surface area contributed by atoms with Crippen LogP contribution in [-0.2, 0) is 6.61 Å². The van der Waals surface area contributed by atoms with Gasteiger partial charge in [0.15, 0.2) is 4.34 Å². The highest BCUT2D eigenvalue weighted by Gasteiger charge is 2.07. The van der Waals surface area contributed by atoms with E-state index in [4.69, 9.17) is 16.7 Å². The van der Waals surface area contributed by atoms with Crippen LogP contribution in [0.15, 0.2) is 4.34 Å². The number of rotatable bonds is 4. The third-order valence-corrected chi connectivity index (χ3v) is 4.02. The maximum absolute atomic E-state index is 8.83. The van der Waals surface area contributed by atoms with Gasteiger partial charge < -0.3 is 5.11 Å². The quantitative estimate of drug-likeness (QED) is 0.797. The van der Waals surface area contributed by atoms with Crippen molar-refractivity contribution in [3.05, 3.63) is 10.0 Å². The molecule has 0 fully saturated rings. The summed E-state index contributed by atoms with van der Waals surface area (Å²) in [6.07, 6.45) is 1.12. The van der Waals surface area contributed by atoms with Gasteiger partial charge in [-0.15, -0.1) is 11.3 Å². The molecule has 1 rings (SSSR count). The molecule has 5 heteroatoms. The van der Waals surface area contributed by atoms with E-state index in [2.05, 4.69) is 11.9 Å². The molecule has 0 atom stereocenters. The van der Waals surface area contributed by atoms with Crippen molar-refractivity contribution in [2.45, 2.75) is 24.3 Å². The number of hydrogen-bond acceptors (Lipinski definition) is 4. The lowest BCUT2D eigenvalue weighted by Gasteiger charge is -1.89. The van der Waals surface area contributed by atoms with Crippen LogP contribution in [0.25, 0.3) is 0 Å². The molecule has 1 aromatic heterocycles. The fraction of sp³-hybridized carbons (Fsp3) is 0.571. The monoisotopic (exact) mass is 223 g/mol. The molecule has 0 saturated heterocycles. The molecule has 2 nitrogen and oxygen atoms in total. The smallest absolute Gasteiger partial charge is 0.152 e. The molecule has 0 aliphatic carbocycles. The number of aromatic nitrogens is 1. The highest BCUT2D eigenvalue weighted by atomic mass is 35.5. The first-order chi connectivity index (χ1) is 5.77. The van der Waals surface area contributed by atoms with E-state index < -0.39 is 0 Å². The van der Waals surface area contributed by atoms with Crippen LogP contribution in [0.2, 0.25) is 5.15 Å². The Balaban J connectivity index is 2.62.